The Labute approximate surface area is 132 Å². The van der Waals surface area contributed by atoms with Crippen LogP contribution in [0.4, 0.5) is 0 Å². The van der Waals surface area contributed by atoms with Crippen LogP contribution in [-0.4, -0.2) is 41.0 Å². The predicted molar refractivity (Wildman–Crippen MR) is 80.9 cm³/mol. The minimum absolute atomic E-state index is 0.187. The van der Waals surface area contributed by atoms with Crippen LogP contribution in [-0.2, 0) is 0 Å². The molecule has 0 bridgehead atoms. The highest BCUT2D eigenvalue weighted by molar-refractivity contribution is 6.30. The van der Waals surface area contributed by atoms with Crippen molar-refractivity contribution in [3.8, 4) is 5.75 Å². The molecule has 0 saturated carbocycles. The normalized spacial score (nSPS) is 10.2. The number of carbonyl (C=O) groups is 1. The van der Waals surface area contributed by atoms with Crippen molar-refractivity contribution in [3.63, 3.8) is 0 Å². The average Bonchev–Trinajstić information content (AvgIpc) is 2.48. The molecule has 0 spiro atoms. The molecule has 0 radical (unpaired) electrons. The Morgan fingerprint density at radius 2 is 1.95 bits per heavy atom. The Bertz CT molecular complexity index is 620. The Balaban J connectivity index is 1.85. The Kier molecular flexibility index (Phi) is 5.36. The topological polar surface area (TPSA) is 55.3 Å². The lowest BCUT2D eigenvalue weighted by Gasteiger charge is -2.17. The zero-order chi connectivity index (χ0) is 15.2. The average molecular weight is 326 g/mol. The summed E-state index contributed by atoms with van der Waals surface area (Å²) in [6.45, 7) is 0.771. The molecule has 5 nitrogen and oxygen atoms in total. The van der Waals surface area contributed by atoms with Crippen LogP contribution in [0.15, 0.2) is 36.7 Å². The smallest absolute Gasteiger partial charge is 0.273 e. The van der Waals surface area contributed by atoms with Gasteiger partial charge >= 0.3 is 0 Å². The van der Waals surface area contributed by atoms with Gasteiger partial charge in [0.05, 0.1) is 18.9 Å². The summed E-state index contributed by atoms with van der Waals surface area (Å²) in [5.41, 5.74) is 0.205. The minimum Gasteiger partial charge on any atom is -0.492 e. The molecule has 0 N–H and O–H groups in total. The minimum atomic E-state index is -0.260. The molecule has 0 fully saturated rings. The van der Waals surface area contributed by atoms with Crippen LogP contribution in [0.25, 0.3) is 0 Å². The number of carbonyl (C=O) groups excluding carboxylic acids is 1. The van der Waals surface area contributed by atoms with E-state index in [9.17, 15) is 4.79 Å². The quantitative estimate of drug-likeness (QED) is 0.848. The molecule has 110 valence electrons. The van der Waals surface area contributed by atoms with E-state index in [1.54, 1.807) is 31.3 Å². The highest BCUT2D eigenvalue weighted by Crippen LogP contribution is 2.15. The summed E-state index contributed by atoms with van der Waals surface area (Å²) in [5.74, 6) is 0.438. The van der Waals surface area contributed by atoms with Crippen LogP contribution in [0, 0.1) is 0 Å². The predicted octanol–water partition coefficient (Wildman–Crippen LogP) is 2.93. The third kappa shape index (κ3) is 4.58. The van der Waals surface area contributed by atoms with E-state index in [0.717, 1.165) is 0 Å². The van der Waals surface area contributed by atoms with E-state index in [1.807, 2.05) is 0 Å². The maximum atomic E-state index is 12.1. The highest BCUT2D eigenvalue weighted by atomic mass is 35.5. The molecule has 0 saturated heterocycles. The van der Waals surface area contributed by atoms with Gasteiger partial charge in [-0.25, -0.2) is 4.98 Å². The lowest BCUT2D eigenvalue weighted by molar-refractivity contribution is 0.0767. The number of amides is 1. The maximum absolute atomic E-state index is 12.1. The van der Waals surface area contributed by atoms with Crippen LogP contribution in [0.3, 0.4) is 0 Å². The van der Waals surface area contributed by atoms with Crippen molar-refractivity contribution in [1.29, 1.82) is 0 Å². The lowest BCUT2D eigenvalue weighted by Crippen LogP contribution is -2.31. The number of hydrogen-bond acceptors (Lipinski definition) is 4. The summed E-state index contributed by atoms with van der Waals surface area (Å²) in [6, 6.07) is 7.03. The van der Waals surface area contributed by atoms with Crippen LogP contribution in [0.2, 0.25) is 10.2 Å². The molecular weight excluding hydrogens is 313 g/mol. The van der Waals surface area contributed by atoms with Gasteiger partial charge < -0.3 is 9.64 Å². The fourth-order valence-corrected chi connectivity index (χ4v) is 1.85. The zero-order valence-corrected chi connectivity index (χ0v) is 12.8. The molecule has 0 atom stereocenters. The van der Waals surface area contributed by atoms with E-state index in [1.165, 1.54) is 17.3 Å². The summed E-state index contributed by atoms with van der Waals surface area (Å²) in [6.07, 6.45) is 2.76. The second-order valence-electron chi connectivity index (χ2n) is 4.26. The van der Waals surface area contributed by atoms with E-state index in [-0.39, 0.29) is 16.8 Å². The lowest BCUT2D eigenvalue weighted by atomic mass is 10.3. The number of benzene rings is 1. The number of likely N-dealkylation sites (N-methyl/N-ethyl adjacent to an activating group) is 1. The number of ether oxygens (including phenoxy) is 1. The molecule has 7 heteroatoms. The van der Waals surface area contributed by atoms with Gasteiger partial charge in [-0.2, -0.15) is 0 Å². The second-order valence-corrected chi connectivity index (χ2v) is 5.08. The second kappa shape index (κ2) is 7.24. The first-order chi connectivity index (χ1) is 10.1. The van der Waals surface area contributed by atoms with Gasteiger partial charge in [-0.1, -0.05) is 23.2 Å². The summed E-state index contributed by atoms with van der Waals surface area (Å²) in [4.78, 5) is 21.3. The molecular formula is C14H13Cl2N3O2. The fourth-order valence-electron chi connectivity index (χ4n) is 1.57. The van der Waals surface area contributed by atoms with Gasteiger partial charge in [0.15, 0.2) is 0 Å². The standard InChI is InChI=1S/C14H13Cl2N3O2/c1-19(14(20)12-8-17-9-13(16)18-12)6-7-21-11-4-2-10(15)3-5-11/h2-5,8-9H,6-7H2,1H3. The molecule has 1 aromatic heterocycles. The fraction of sp³-hybridized carbons (Fsp3) is 0.214. The Morgan fingerprint density at radius 1 is 1.24 bits per heavy atom. The summed E-state index contributed by atoms with van der Waals surface area (Å²) in [7, 11) is 1.66. The molecule has 2 rings (SSSR count). The van der Waals surface area contributed by atoms with Crippen LogP contribution >= 0.6 is 23.2 Å². The van der Waals surface area contributed by atoms with E-state index in [0.29, 0.717) is 23.9 Å². The molecule has 1 amide bonds. The number of hydrogen-bond donors (Lipinski definition) is 0. The first-order valence-electron chi connectivity index (χ1n) is 6.17. The SMILES string of the molecule is CN(CCOc1ccc(Cl)cc1)C(=O)c1cncc(Cl)n1. The van der Waals surface area contributed by atoms with Gasteiger partial charge in [-0.05, 0) is 24.3 Å². The largest absolute Gasteiger partial charge is 0.492 e. The number of halogens is 2. The molecule has 2 aromatic rings. The first kappa shape index (κ1) is 15.5. The highest BCUT2D eigenvalue weighted by Gasteiger charge is 2.13. The number of rotatable bonds is 5. The van der Waals surface area contributed by atoms with Crippen LogP contribution in [0.5, 0.6) is 5.75 Å². The maximum Gasteiger partial charge on any atom is 0.273 e. The third-order valence-electron chi connectivity index (χ3n) is 2.68. The Hall–Kier alpha value is -1.85. The molecule has 0 unspecified atom stereocenters. The van der Waals surface area contributed by atoms with Gasteiger partial charge in [0.1, 0.15) is 23.2 Å². The van der Waals surface area contributed by atoms with E-state index < -0.39 is 0 Å². The molecule has 0 aliphatic heterocycles. The van der Waals surface area contributed by atoms with Gasteiger partial charge in [0, 0.05) is 12.1 Å². The van der Waals surface area contributed by atoms with Crippen molar-refractivity contribution in [1.82, 2.24) is 14.9 Å². The van der Waals surface area contributed by atoms with Crippen molar-refractivity contribution in [2.24, 2.45) is 0 Å². The van der Waals surface area contributed by atoms with Gasteiger partial charge in [-0.15, -0.1) is 0 Å². The van der Waals surface area contributed by atoms with E-state index >= 15 is 0 Å². The summed E-state index contributed by atoms with van der Waals surface area (Å²) >= 11 is 11.5. The first-order valence-corrected chi connectivity index (χ1v) is 6.93. The van der Waals surface area contributed by atoms with E-state index in [2.05, 4.69) is 9.97 Å². The summed E-state index contributed by atoms with van der Waals surface area (Å²) < 4.78 is 5.53. The third-order valence-corrected chi connectivity index (χ3v) is 3.11. The van der Waals surface area contributed by atoms with Crippen molar-refractivity contribution in [2.75, 3.05) is 20.2 Å². The number of nitrogens with zero attached hydrogens (tertiary/aromatic N) is 3. The van der Waals surface area contributed by atoms with Crippen molar-refractivity contribution in [3.05, 3.63) is 52.5 Å². The molecule has 21 heavy (non-hydrogen) atoms. The number of aromatic nitrogens is 2. The molecule has 0 aliphatic carbocycles. The zero-order valence-electron chi connectivity index (χ0n) is 11.3. The van der Waals surface area contributed by atoms with Crippen LogP contribution < -0.4 is 4.74 Å². The molecule has 0 aliphatic rings. The van der Waals surface area contributed by atoms with Gasteiger partial charge in [-0.3, -0.25) is 9.78 Å². The molecule has 1 heterocycles. The van der Waals surface area contributed by atoms with Crippen molar-refractivity contribution in [2.45, 2.75) is 0 Å². The van der Waals surface area contributed by atoms with Gasteiger partial charge in [0.2, 0.25) is 0 Å². The monoisotopic (exact) mass is 325 g/mol. The Morgan fingerprint density at radius 3 is 2.62 bits per heavy atom. The molecule has 1 aromatic carbocycles. The van der Waals surface area contributed by atoms with Crippen LogP contribution in [0.1, 0.15) is 10.5 Å². The summed E-state index contributed by atoms with van der Waals surface area (Å²) in [5, 5.41) is 0.834. The van der Waals surface area contributed by atoms with Gasteiger partial charge in [0.25, 0.3) is 5.91 Å². The van der Waals surface area contributed by atoms with Crippen molar-refractivity contribution >= 4 is 29.1 Å². The van der Waals surface area contributed by atoms with Crippen molar-refractivity contribution < 1.29 is 9.53 Å². The van der Waals surface area contributed by atoms with E-state index in [4.69, 9.17) is 27.9 Å².